The lowest BCUT2D eigenvalue weighted by Gasteiger charge is -2.19. The summed E-state index contributed by atoms with van der Waals surface area (Å²) in [7, 11) is -3.65. The summed E-state index contributed by atoms with van der Waals surface area (Å²) in [6.45, 7) is 0. The van der Waals surface area contributed by atoms with Crippen LogP contribution in [0.2, 0.25) is 0 Å². The first-order valence-electron chi connectivity index (χ1n) is 5.30. The Kier molecular flexibility index (Phi) is 2.92. The Hall–Kier alpha value is -0.980. The molecule has 0 unspecified atom stereocenters. The van der Waals surface area contributed by atoms with Crippen molar-refractivity contribution < 1.29 is 13.2 Å². The van der Waals surface area contributed by atoms with Crippen molar-refractivity contribution in [3.63, 3.8) is 0 Å². The van der Waals surface area contributed by atoms with E-state index in [4.69, 9.17) is 0 Å². The van der Waals surface area contributed by atoms with Crippen LogP contribution in [0.25, 0.3) is 0 Å². The quantitative estimate of drug-likeness (QED) is 0.578. The highest BCUT2D eigenvalue weighted by Gasteiger charge is 2.34. The number of hydrogen-bond acceptors (Lipinski definition) is 3. The standard InChI is InChI=1S/C13H6Br2O3S/c14-7-2-4-11-10(5-7)13(16)9-3-1-8(15)6-12(9)19(11,17)18/h1-6H. The van der Waals surface area contributed by atoms with E-state index in [1.165, 1.54) is 18.2 Å². The fraction of sp³-hybridized carbons (Fsp3) is 0. The normalized spacial score (nSPS) is 15.8. The molecule has 0 aliphatic carbocycles. The molecule has 0 N–H and O–H groups in total. The van der Waals surface area contributed by atoms with Crippen LogP contribution in [0.1, 0.15) is 15.9 Å². The highest BCUT2D eigenvalue weighted by molar-refractivity contribution is 9.10. The van der Waals surface area contributed by atoms with Crippen LogP contribution in [0.15, 0.2) is 55.1 Å². The molecule has 0 aromatic heterocycles. The number of carbonyl (C=O) groups excluding carboxylic acids is 1. The van der Waals surface area contributed by atoms with Crippen LogP contribution in [0, 0.1) is 0 Å². The van der Waals surface area contributed by atoms with Crippen molar-refractivity contribution in [2.45, 2.75) is 9.79 Å². The molecule has 1 aliphatic rings. The zero-order valence-corrected chi connectivity index (χ0v) is 13.3. The Labute approximate surface area is 126 Å². The third-order valence-corrected chi connectivity index (χ3v) is 5.79. The van der Waals surface area contributed by atoms with Crippen LogP contribution in [-0.2, 0) is 9.84 Å². The van der Waals surface area contributed by atoms with Gasteiger partial charge in [-0.15, -0.1) is 0 Å². The van der Waals surface area contributed by atoms with Crippen molar-refractivity contribution in [3.05, 3.63) is 56.5 Å². The third-order valence-electron chi connectivity index (χ3n) is 2.95. The molecular weight excluding hydrogens is 396 g/mol. The SMILES string of the molecule is O=C1c2cc(Br)ccc2S(=O)(=O)c2cc(Br)ccc21. The van der Waals surface area contributed by atoms with Gasteiger partial charge in [0.1, 0.15) is 0 Å². The first-order chi connectivity index (χ1) is 8.91. The molecular formula is C13H6Br2O3S. The topological polar surface area (TPSA) is 51.2 Å². The molecule has 0 bridgehead atoms. The highest BCUT2D eigenvalue weighted by Crippen LogP contribution is 2.36. The molecule has 0 atom stereocenters. The van der Waals surface area contributed by atoms with Crippen molar-refractivity contribution >= 4 is 47.5 Å². The number of ketones is 1. The molecule has 0 fully saturated rings. The minimum absolute atomic E-state index is 0.0571. The first-order valence-corrected chi connectivity index (χ1v) is 8.37. The zero-order chi connectivity index (χ0) is 13.8. The fourth-order valence-corrected chi connectivity index (χ4v) is 4.61. The van der Waals surface area contributed by atoms with Gasteiger partial charge in [-0.3, -0.25) is 4.79 Å². The largest absolute Gasteiger partial charge is 0.289 e. The molecule has 0 radical (unpaired) electrons. The van der Waals surface area contributed by atoms with Gasteiger partial charge in [0, 0.05) is 20.1 Å². The van der Waals surface area contributed by atoms with Crippen molar-refractivity contribution in [1.29, 1.82) is 0 Å². The van der Waals surface area contributed by atoms with Crippen LogP contribution >= 0.6 is 31.9 Å². The number of rotatable bonds is 0. The molecule has 0 saturated carbocycles. The lowest BCUT2D eigenvalue weighted by atomic mass is 10.0. The van der Waals surface area contributed by atoms with Crippen LogP contribution in [0.3, 0.4) is 0 Å². The Bertz CT molecular complexity index is 826. The summed E-state index contributed by atoms with van der Waals surface area (Å²) in [4.78, 5) is 12.5. The molecule has 2 aromatic carbocycles. The van der Waals surface area contributed by atoms with E-state index in [1.807, 2.05) is 0 Å². The van der Waals surface area contributed by atoms with Crippen LogP contribution < -0.4 is 0 Å². The van der Waals surface area contributed by atoms with Gasteiger partial charge in [0.15, 0.2) is 5.78 Å². The average molecular weight is 402 g/mol. The van der Waals surface area contributed by atoms with Crippen molar-refractivity contribution in [3.8, 4) is 0 Å². The van der Waals surface area contributed by atoms with Gasteiger partial charge in [-0.1, -0.05) is 31.9 Å². The van der Waals surface area contributed by atoms with Crippen molar-refractivity contribution in [2.75, 3.05) is 0 Å². The summed E-state index contributed by atoms with van der Waals surface area (Å²) in [5.41, 5.74) is 0.429. The molecule has 2 aromatic rings. The number of hydrogen-bond donors (Lipinski definition) is 0. The van der Waals surface area contributed by atoms with Gasteiger partial charge in [0.05, 0.1) is 9.79 Å². The molecule has 96 valence electrons. The number of halogens is 2. The molecule has 0 amide bonds. The van der Waals surface area contributed by atoms with E-state index < -0.39 is 9.84 Å². The van der Waals surface area contributed by atoms with Gasteiger partial charge < -0.3 is 0 Å². The summed E-state index contributed by atoms with van der Waals surface area (Å²) in [5, 5.41) is 0. The lowest BCUT2D eigenvalue weighted by molar-refractivity contribution is 0.103. The van der Waals surface area contributed by atoms with E-state index in [-0.39, 0.29) is 26.7 Å². The predicted molar refractivity (Wildman–Crippen MR) is 77.2 cm³/mol. The number of benzene rings is 2. The van der Waals surface area contributed by atoms with Gasteiger partial charge >= 0.3 is 0 Å². The van der Waals surface area contributed by atoms with Crippen LogP contribution in [-0.4, -0.2) is 14.2 Å². The van der Waals surface area contributed by atoms with Gasteiger partial charge in [0.25, 0.3) is 0 Å². The molecule has 1 aliphatic heterocycles. The molecule has 3 nitrogen and oxygen atoms in total. The molecule has 0 saturated heterocycles. The van der Waals surface area contributed by atoms with E-state index in [0.717, 1.165) is 0 Å². The lowest BCUT2D eigenvalue weighted by Crippen LogP contribution is -2.20. The summed E-state index contributed by atoms with van der Waals surface area (Å²) >= 11 is 6.48. The van der Waals surface area contributed by atoms with E-state index in [0.29, 0.717) is 8.95 Å². The van der Waals surface area contributed by atoms with Gasteiger partial charge in [-0.05, 0) is 36.4 Å². The summed E-state index contributed by atoms with van der Waals surface area (Å²) < 4.78 is 26.3. The Morgan fingerprint density at radius 2 is 1.42 bits per heavy atom. The molecule has 1 heterocycles. The van der Waals surface area contributed by atoms with Gasteiger partial charge in [0.2, 0.25) is 9.84 Å². The molecule has 19 heavy (non-hydrogen) atoms. The number of carbonyl (C=O) groups is 1. The summed E-state index contributed by atoms with van der Waals surface area (Å²) in [5.74, 6) is -0.270. The maximum Gasteiger partial charge on any atom is 0.208 e. The Morgan fingerprint density at radius 3 is 2.16 bits per heavy atom. The maximum absolute atomic E-state index is 12.5. The Balaban J connectivity index is 2.43. The smallest absolute Gasteiger partial charge is 0.208 e. The summed E-state index contributed by atoms with van der Waals surface area (Å²) in [6.07, 6.45) is 0. The first kappa shape index (κ1) is 13.0. The van der Waals surface area contributed by atoms with E-state index in [1.54, 1.807) is 18.2 Å². The van der Waals surface area contributed by atoms with Gasteiger partial charge in [-0.25, -0.2) is 8.42 Å². The van der Waals surface area contributed by atoms with E-state index in [9.17, 15) is 13.2 Å². The van der Waals surface area contributed by atoms with E-state index >= 15 is 0 Å². The second-order valence-electron chi connectivity index (χ2n) is 4.11. The minimum atomic E-state index is -3.65. The monoisotopic (exact) mass is 400 g/mol. The van der Waals surface area contributed by atoms with Crippen LogP contribution in [0.5, 0.6) is 0 Å². The average Bonchev–Trinajstić information content (AvgIpc) is 2.36. The second kappa shape index (κ2) is 4.26. The fourth-order valence-electron chi connectivity index (χ4n) is 2.08. The van der Waals surface area contributed by atoms with Gasteiger partial charge in [-0.2, -0.15) is 0 Å². The summed E-state index contributed by atoms with van der Waals surface area (Å²) in [6, 6.07) is 9.27. The number of fused-ring (bicyclic) bond motifs is 2. The molecule has 6 heteroatoms. The molecule has 3 rings (SSSR count). The predicted octanol–water partition coefficient (Wildman–Crippen LogP) is 3.59. The number of sulfone groups is 1. The molecule has 0 spiro atoms. The van der Waals surface area contributed by atoms with Crippen molar-refractivity contribution in [1.82, 2.24) is 0 Å². The van der Waals surface area contributed by atoms with E-state index in [2.05, 4.69) is 31.9 Å². The van der Waals surface area contributed by atoms with Crippen molar-refractivity contribution in [2.24, 2.45) is 0 Å². The van der Waals surface area contributed by atoms with Crippen LogP contribution in [0.4, 0.5) is 0 Å². The zero-order valence-electron chi connectivity index (χ0n) is 9.35. The third kappa shape index (κ3) is 1.89. The maximum atomic E-state index is 12.5. The second-order valence-corrected chi connectivity index (χ2v) is 7.83. The highest BCUT2D eigenvalue weighted by atomic mass is 79.9. The minimum Gasteiger partial charge on any atom is -0.289 e. The Morgan fingerprint density at radius 1 is 0.789 bits per heavy atom.